The SMILES string of the molecule is N#C/C(=C\c1c[nH]c2ccc(Br)cc12)C(=O)NCCc1ccccc1. The molecule has 0 aliphatic carbocycles. The van der Waals surface area contributed by atoms with Gasteiger partial charge in [0.05, 0.1) is 0 Å². The molecular weight excluding hydrogens is 378 g/mol. The summed E-state index contributed by atoms with van der Waals surface area (Å²) in [7, 11) is 0. The van der Waals surface area contributed by atoms with Gasteiger partial charge in [0.1, 0.15) is 11.6 Å². The highest BCUT2D eigenvalue weighted by molar-refractivity contribution is 9.10. The Balaban J connectivity index is 1.72. The zero-order chi connectivity index (χ0) is 17.6. The second-order valence-electron chi connectivity index (χ2n) is 5.60. The zero-order valence-electron chi connectivity index (χ0n) is 13.4. The summed E-state index contributed by atoms with van der Waals surface area (Å²) in [5.41, 5.74) is 3.00. The fourth-order valence-corrected chi connectivity index (χ4v) is 2.96. The van der Waals surface area contributed by atoms with Crippen LogP contribution in [0, 0.1) is 11.3 Å². The zero-order valence-corrected chi connectivity index (χ0v) is 15.0. The third-order valence-electron chi connectivity index (χ3n) is 3.88. The maximum atomic E-state index is 12.3. The van der Waals surface area contributed by atoms with E-state index in [1.54, 1.807) is 12.3 Å². The molecule has 0 atom stereocenters. The Morgan fingerprint density at radius 1 is 1.24 bits per heavy atom. The summed E-state index contributed by atoms with van der Waals surface area (Å²) in [5.74, 6) is -0.359. The Morgan fingerprint density at radius 2 is 2.04 bits per heavy atom. The second-order valence-corrected chi connectivity index (χ2v) is 6.51. The lowest BCUT2D eigenvalue weighted by Gasteiger charge is -2.04. The summed E-state index contributed by atoms with van der Waals surface area (Å²) in [6.07, 6.45) is 4.14. The molecule has 3 rings (SSSR count). The van der Waals surface area contributed by atoms with Crippen LogP contribution in [-0.2, 0) is 11.2 Å². The minimum absolute atomic E-state index is 0.0916. The number of halogens is 1. The molecule has 3 aromatic rings. The van der Waals surface area contributed by atoms with Gasteiger partial charge < -0.3 is 10.3 Å². The number of hydrogen-bond donors (Lipinski definition) is 2. The lowest BCUT2D eigenvalue weighted by molar-refractivity contribution is -0.117. The van der Waals surface area contributed by atoms with Crippen molar-refractivity contribution < 1.29 is 4.79 Å². The molecule has 2 N–H and O–H groups in total. The molecule has 0 unspecified atom stereocenters. The number of fused-ring (bicyclic) bond motifs is 1. The Kier molecular flexibility index (Phi) is 5.32. The van der Waals surface area contributed by atoms with E-state index in [4.69, 9.17) is 0 Å². The molecule has 0 aliphatic heterocycles. The Bertz CT molecular complexity index is 968. The van der Waals surface area contributed by atoms with E-state index in [-0.39, 0.29) is 11.5 Å². The van der Waals surface area contributed by atoms with Crippen molar-refractivity contribution in [3.63, 3.8) is 0 Å². The van der Waals surface area contributed by atoms with E-state index >= 15 is 0 Å². The van der Waals surface area contributed by atoms with Gasteiger partial charge in [-0.25, -0.2) is 0 Å². The van der Waals surface area contributed by atoms with Crippen LogP contribution in [0.25, 0.3) is 17.0 Å². The lowest BCUT2D eigenvalue weighted by Crippen LogP contribution is -2.26. The van der Waals surface area contributed by atoms with Crippen molar-refractivity contribution >= 4 is 38.8 Å². The number of nitrogens with zero attached hydrogens (tertiary/aromatic N) is 1. The van der Waals surface area contributed by atoms with Crippen LogP contribution in [0.2, 0.25) is 0 Å². The first-order valence-corrected chi connectivity index (χ1v) is 8.67. The fraction of sp³-hybridized carbons (Fsp3) is 0.100. The molecule has 0 radical (unpaired) electrons. The average molecular weight is 394 g/mol. The van der Waals surface area contributed by atoms with E-state index in [9.17, 15) is 10.1 Å². The number of nitrogens with one attached hydrogen (secondary N) is 2. The Morgan fingerprint density at radius 3 is 2.80 bits per heavy atom. The second kappa shape index (κ2) is 7.82. The molecular formula is C20H16BrN3O. The van der Waals surface area contributed by atoms with Crippen LogP contribution in [-0.4, -0.2) is 17.4 Å². The van der Waals surface area contributed by atoms with Gasteiger partial charge in [0.15, 0.2) is 0 Å². The van der Waals surface area contributed by atoms with Crippen LogP contribution in [0.3, 0.4) is 0 Å². The van der Waals surface area contributed by atoms with Crippen LogP contribution >= 0.6 is 15.9 Å². The quantitative estimate of drug-likeness (QED) is 0.503. The van der Waals surface area contributed by atoms with Gasteiger partial charge in [-0.05, 0) is 36.3 Å². The van der Waals surface area contributed by atoms with Crippen LogP contribution in [0.5, 0.6) is 0 Å². The Hall–Kier alpha value is -2.84. The number of carbonyl (C=O) groups is 1. The number of rotatable bonds is 5. The molecule has 0 saturated heterocycles. The first-order chi connectivity index (χ1) is 12.2. The molecule has 2 aromatic carbocycles. The molecule has 0 spiro atoms. The Labute approximate surface area is 154 Å². The van der Waals surface area contributed by atoms with Crippen LogP contribution < -0.4 is 5.32 Å². The number of carbonyl (C=O) groups excluding carboxylic acids is 1. The highest BCUT2D eigenvalue weighted by atomic mass is 79.9. The summed E-state index contributed by atoms with van der Waals surface area (Å²) in [6, 6.07) is 17.7. The van der Waals surface area contributed by atoms with Crippen molar-refractivity contribution in [3.05, 3.63) is 75.9 Å². The standard InChI is InChI=1S/C20H16BrN3O/c21-17-6-7-19-18(11-17)16(13-24-19)10-15(12-22)20(25)23-9-8-14-4-2-1-3-5-14/h1-7,10-11,13,24H,8-9H2,(H,23,25)/b15-10+. The van der Waals surface area contributed by atoms with E-state index in [1.807, 2.05) is 54.6 Å². The van der Waals surface area contributed by atoms with Gasteiger partial charge in [-0.3, -0.25) is 4.79 Å². The van der Waals surface area contributed by atoms with E-state index < -0.39 is 0 Å². The van der Waals surface area contributed by atoms with Crippen molar-refractivity contribution in [2.24, 2.45) is 0 Å². The van der Waals surface area contributed by atoms with Gasteiger partial charge in [0.2, 0.25) is 0 Å². The largest absolute Gasteiger partial charge is 0.361 e. The molecule has 0 bridgehead atoms. The van der Waals surface area contributed by atoms with Crippen molar-refractivity contribution in [3.8, 4) is 6.07 Å². The maximum absolute atomic E-state index is 12.3. The van der Waals surface area contributed by atoms with Crippen LogP contribution in [0.1, 0.15) is 11.1 Å². The maximum Gasteiger partial charge on any atom is 0.261 e. The molecule has 0 fully saturated rings. The lowest BCUT2D eigenvalue weighted by atomic mass is 10.1. The minimum atomic E-state index is -0.359. The van der Waals surface area contributed by atoms with Crippen molar-refractivity contribution in [1.29, 1.82) is 5.26 Å². The molecule has 1 amide bonds. The van der Waals surface area contributed by atoms with Gasteiger partial charge in [0, 0.05) is 33.7 Å². The first kappa shape index (κ1) is 17.0. The van der Waals surface area contributed by atoms with Gasteiger partial charge in [-0.15, -0.1) is 0 Å². The van der Waals surface area contributed by atoms with Gasteiger partial charge >= 0.3 is 0 Å². The minimum Gasteiger partial charge on any atom is -0.361 e. The topological polar surface area (TPSA) is 68.7 Å². The third kappa shape index (κ3) is 4.17. The number of hydrogen-bond acceptors (Lipinski definition) is 2. The number of aromatic amines is 1. The van der Waals surface area contributed by atoms with Gasteiger partial charge in [-0.2, -0.15) is 5.26 Å². The molecule has 25 heavy (non-hydrogen) atoms. The molecule has 4 nitrogen and oxygen atoms in total. The summed E-state index contributed by atoms with van der Waals surface area (Å²) in [5, 5.41) is 13.1. The average Bonchev–Trinajstić information content (AvgIpc) is 3.02. The van der Waals surface area contributed by atoms with E-state index in [0.717, 1.165) is 32.9 Å². The van der Waals surface area contributed by atoms with Crippen molar-refractivity contribution in [1.82, 2.24) is 10.3 Å². The number of nitriles is 1. The highest BCUT2D eigenvalue weighted by Gasteiger charge is 2.10. The summed E-state index contributed by atoms with van der Waals surface area (Å²) < 4.78 is 0.945. The monoisotopic (exact) mass is 393 g/mol. The van der Waals surface area contributed by atoms with E-state index in [1.165, 1.54) is 0 Å². The van der Waals surface area contributed by atoms with Crippen LogP contribution in [0.15, 0.2) is 64.8 Å². The number of amides is 1. The van der Waals surface area contributed by atoms with E-state index in [2.05, 4.69) is 26.2 Å². The smallest absolute Gasteiger partial charge is 0.261 e. The van der Waals surface area contributed by atoms with Gasteiger partial charge in [-0.1, -0.05) is 46.3 Å². The molecule has 1 heterocycles. The normalized spacial score (nSPS) is 11.3. The number of H-pyrrole nitrogens is 1. The van der Waals surface area contributed by atoms with E-state index in [0.29, 0.717) is 6.54 Å². The number of benzene rings is 2. The molecule has 5 heteroatoms. The number of aromatic nitrogens is 1. The summed E-state index contributed by atoms with van der Waals surface area (Å²) in [6.45, 7) is 0.487. The van der Waals surface area contributed by atoms with Crippen LogP contribution in [0.4, 0.5) is 0 Å². The fourth-order valence-electron chi connectivity index (χ4n) is 2.60. The predicted molar refractivity (Wildman–Crippen MR) is 103 cm³/mol. The van der Waals surface area contributed by atoms with Crippen molar-refractivity contribution in [2.75, 3.05) is 6.54 Å². The molecule has 124 valence electrons. The first-order valence-electron chi connectivity index (χ1n) is 7.88. The summed E-state index contributed by atoms with van der Waals surface area (Å²) >= 11 is 3.44. The van der Waals surface area contributed by atoms with Gasteiger partial charge in [0.25, 0.3) is 5.91 Å². The molecule has 1 aromatic heterocycles. The third-order valence-corrected chi connectivity index (χ3v) is 4.38. The molecule has 0 aliphatic rings. The predicted octanol–water partition coefficient (Wildman–Crippen LogP) is 4.20. The van der Waals surface area contributed by atoms with Crippen molar-refractivity contribution in [2.45, 2.75) is 6.42 Å². The molecule has 0 saturated carbocycles. The highest BCUT2D eigenvalue weighted by Crippen LogP contribution is 2.24. The summed E-state index contributed by atoms with van der Waals surface area (Å²) in [4.78, 5) is 15.4.